The van der Waals surface area contributed by atoms with Crippen molar-refractivity contribution in [3.8, 4) is 0 Å². The van der Waals surface area contributed by atoms with E-state index < -0.39 is 0 Å². The lowest BCUT2D eigenvalue weighted by Gasteiger charge is -2.13. The fourth-order valence-corrected chi connectivity index (χ4v) is 3.93. The second-order valence-corrected chi connectivity index (χ2v) is 8.03. The van der Waals surface area contributed by atoms with Gasteiger partial charge >= 0.3 is 0 Å². The van der Waals surface area contributed by atoms with Gasteiger partial charge in [0.25, 0.3) is 5.56 Å². The van der Waals surface area contributed by atoms with E-state index >= 15 is 0 Å². The predicted molar refractivity (Wildman–Crippen MR) is 117 cm³/mol. The van der Waals surface area contributed by atoms with Crippen LogP contribution in [-0.2, 0) is 17.9 Å². The highest BCUT2D eigenvalue weighted by atomic mass is 35.5. The molecule has 7 nitrogen and oxygen atoms in total. The molecule has 0 aliphatic rings. The number of nitrogens with zero attached hydrogens (tertiary/aromatic N) is 4. The molecule has 1 N–H and O–H groups in total. The van der Waals surface area contributed by atoms with Crippen LogP contribution in [0.5, 0.6) is 0 Å². The van der Waals surface area contributed by atoms with E-state index in [2.05, 4.69) is 10.4 Å². The Morgan fingerprint density at radius 3 is 2.62 bits per heavy atom. The average molecular weight is 434 g/mol. The largest absolute Gasteiger partial charge is 0.355 e. The molecule has 2 aromatic heterocycles. The minimum absolute atomic E-state index is 0.0785. The summed E-state index contributed by atoms with van der Waals surface area (Å²) < 4.78 is 3.29. The minimum Gasteiger partial charge on any atom is -0.355 e. The van der Waals surface area contributed by atoms with Crippen LogP contribution in [0.3, 0.4) is 0 Å². The molecule has 0 unspecified atom stereocenters. The number of hydrogen-bond donors (Lipinski definition) is 1. The van der Waals surface area contributed by atoms with Gasteiger partial charge in [0.2, 0.25) is 5.91 Å². The summed E-state index contributed by atoms with van der Waals surface area (Å²) in [5.41, 5.74) is 2.53. The van der Waals surface area contributed by atoms with Gasteiger partial charge in [-0.05, 0) is 38.0 Å². The fourth-order valence-electron chi connectivity index (χ4n) is 2.98. The lowest BCUT2D eigenvalue weighted by atomic mass is 10.2. The van der Waals surface area contributed by atoms with Crippen LogP contribution in [0.2, 0.25) is 5.02 Å². The van der Waals surface area contributed by atoms with Crippen molar-refractivity contribution in [3.63, 3.8) is 0 Å². The summed E-state index contributed by atoms with van der Waals surface area (Å²) in [5.74, 6) is 0.115. The highest BCUT2D eigenvalue weighted by molar-refractivity contribution is 7.99. The number of aromatic nitrogens is 4. The van der Waals surface area contributed by atoms with Crippen molar-refractivity contribution < 1.29 is 4.79 Å². The maximum Gasteiger partial charge on any atom is 0.280 e. The van der Waals surface area contributed by atoms with Crippen molar-refractivity contribution >= 4 is 40.3 Å². The number of fused-ring (bicyclic) bond motifs is 1. The first-order chi connectivity index (χ1) is 13.9. The second-order valence-electron chi connectivity index (χ2n) is 6.65. The average Bonchev–Trinajstić information content (AvgIpc) is 3.04. The van der Waals surface area contributed by atoms with E-state index in [1.165, 1.54) is 11.8 Å². The first-order valence-corrected chi connectivity index (χ1v) is 10.9. The molecule has 1 aromatic carbocycles. The molecule has 0 bridgehead atoms. The lowest BCUT2D eigenvalue weighted by molar-refractivity contribution is -0.118. The topological polar surface area (TPSA) is 81.8 Å². The quantitative estimate of drug-likeness (QED) is 0.435. The van der Waals surface area contributed by atoms with Gasteiger partial charge in [0.05, 0.1) is 18.0 Å². The van der Waals surface area contributed by atoms with Gasteiger partial charge in [-0.15, -0.1) is 0 Å². The van der Waals surface area contributed by atoms with Crippen LogP contribution >= 0.6 is 23.4 Å². The third-order valence-electron chi connectivity index (χ3n) is 4.44. The molecule has 0 radical (unpaired) electrons. The maximum atomic E-state index is 13.4. The van der Waals surface area contributed by atoms with Crippen molar-refractivity contribution in [1.82, 2.24) is 24.6 Å². The highest BCUT2D eigenvalue weighted by Crippen LogP contribution is 2.21. The van der Waals surface area contributed by atoms with E-state index in [0.29, 0.717) is 46.5 Å². The van der Waals surface area contributed by atoms with Crippen molar-refractivity contribution in [1.29, 1.82) is 0 Å². The fraction of sp³-hybridized carbons (Fsp3) is 0.400. The van der Waals surface area contributed by atoms with Gasteiger partial charge in [-0.3, -0.25) is 18.8 Å². The Hall–Kier alpha value is -2.32. The Labute approximate surface area is 178 Å². The number of hydrogen-bond acceptors (Lipinski definition) is 5. The number of benzene rings is 1. The Morgan fingerprint density at radius 1 is 1.24 bits per heavy atom. The molecule has 0 saturated carbocycles. The third kappa shape index (κ3) is 4.82. The van der Waals surface area contributed by atoms with Crippen molar-refractivity contribution in [3.05, 3.63) is 50.9 Å². The highest BCUT2D eigenvalue weighted by Gasteiger charge is 2.19. The number of aryl methyl sites for hydroxylation is 2. The maximum absolute atomic E-state index is 13.4. The van der Waals surface area contributed by atoms with Gasteiger partial charge < -0.3 is 5.32 Å². The SMILES string of the molecule is CCCNC(=O)CSc1nc2c(C)nn(CC)c2c(=O)n1Cc1ccc(Cl)cc1. The Morgan fingerprint density at radius 2 is 1.97 bits per heavy atom. The molecule has 2 heterocycles. The summed E-state index contributed by atoms with van der Waals surface area (Å²) in [7, 11) is 0. The third-order valence-corrected chi connectivity index (χ3v) is 5.67. The lowest BCUT2D eigenvalue weighted by Crippen LogP contribution is -2.28. The molecule has 29 heavy (non-hydrogen) atoms. The first-order valence-electron chi connectivity index (χ1n) is 9.56. The molecule has 0 spiro atoms. The Balaban J connectivity index is 2.04. The summed E-state index contributed by atoms with van der Waals surface area (Å²) in [5, 5.41) is 8.43. The Kier molecular flexibility index (Phi) is 6.97. The van der Waals surface area contributed by atoms with E-state index in [0.717, 1.165) is 12.0 Å². The molecule has 0 atom stereocenters. The molecule has 154 valence electrons. The van der Waals surface area contributed by atoms with Crippen LogP contribution in [0.25, 0.3) is 11.0 Å². The van der Waals surface area contributed by atoms with E-state index in [-0.39, 0.29) is 17.2 Å². The van der Waals surface area contributed by atoms with Crippen LogP contribution in [0, 0.1) is 6.92 Å². The van der Waals surface area contributed by atoms with Crippen LogP contribution in [0.4, 0.5) is 0 Å². The first kappa shape index (κ1) is 21.4. The van der Waals surface area contributed by atoms with E-state index in [9.17, 15) is 9.59 Å². The molecule has 0 saturated heterocycles. The number of amides is 1. The van der Waals surface area contributed by atoms with Gasteiger partial charge in [0.1, 0.15) is 5.52 Å². The number of nitrogens with one attached hydrogen (secondary N) is 1. The van der Waals surface area contributed by atoms with Gasteiger partial charge in [0.15, 0.2) is 10.7 Å². The predicted octanol–water partition coefficient (Wildman–Crippen LogP) is 3.24. The monoisotopic (exact) mass is 433 g/mol. The zero-order chi connectivity index (χ0) is 21.0. The van der Waals surface area contributed by atoms with Crippen LogP contribution < -0.4 is 10.9 Å². The molecular weight excluding hydrogens is 410 g/mol. The zero-order valence-electron chi connectivity index (χ0n) is 16.7. The van der Waals surface area contributed by atoms with Crippen molar-refractivity contribution in [2.75, 3.05) is 12.3 Å². The number of halogens is 1. The zero-order valence-corrected chi connectivity index (χ0v) is 18.3. The number of rotatable bonds is 8. The molecule has 3 rings (SSSR count). The second kappa shape index (κ2) is 9.45. The molecular formula is C20H24ClN5O2S. The van der Waals surface area contributed by atoms with Gasteiger partial charge in [0, 0.05) is 18.1 Å². The van der Waals surface area contributed by atoms with E-state index in [1.54, 1.807) is 21.4 Å². The molecule has 0 aliphatic carbocycles. The Bertz CT molecular complexity index is 1080. The van der Waals surface area contributed by atoms with E-state index in [1.807, 2.05) is 32.9 Å². The van der Waals surface area contributed by atoms with Crippen LogP contribution in [0.1, 0.15) is 31.5 Å². The molecule has 0 fully saturated rings. The minimum atomic E-state index is -0.163. The summed E-state index contributed by atoms with van der Waals surface area (Å²) in [6.07, 6.45) is 0.872. The van der Waals surface area contributed by atoms with E-state index in [4.69, 9.17) is 16.6 Å². The van der Waals surface area contributed by atoms with Gasteiger partial charge in [-0.1, -0.05) is 42.4 Å². The smallest absolute Gasteiger partial charge is 0.280 e. The normalized spacial score (nSPS) is 11.2. The number of thioether (sulfide) groups is 1. The summed E-state index contributed by atoms with van der Waals surface area (Å²) in [6.45, 7) is 7.33. The standard InChI is InChI=1S/C20H24ClN5O2S/c1-4-10-22-16(27)12-29-20-23-17-13(3)24-26(5-2)18(17)19(28)25(20)11-14-6-8-15(21)9-7-14/h6-9H,4-5,10-12H2,1-3H3,(H,22,27). The van der Waals surface area contributed by atoms with Crippen molar-refractivity contribution in [2.45, 2.75) is 45.4 Å². The van der Waals surface area contributed by atoms with Crippen molar-refractivity contribution in [2.24, 2.45) is 0 Å². The van der Waals surface area contributed by atoms with Crippen LogP contribution in [-0.4, -0.2) is 37.5 Å². The molecule has 1 amide bonds. The number of carbonyl (C=O) groups is 1. The molecule has 9 heteroatoms. The van der Waals surface area contributed by atoms with Crippen LogP contribution in [0.15, 0.2) is 34.2 Å². The summed E-state index contributed by atoms with van der Waals surface area (Å²) in [6, 6.07) is 7.34. The molecule has 3 aromatic rings. The summed E-state index contributed by atoms with van der Waals surface area (Å²) >= 11 is 7.24. The number of carbonyl (C=O) groups excluding carboxylic acids is 1. The molecule has 0 aliphatic heterocycles. The van der Waals surface area contributed by atoms with Gasteiger partial charge in [-0.2, -0.15) is 5.10 Å². The summed E-state index contributed by atoms with van der Waals surface area (Å²) in [4.78, 5) is 30.1. The van der Waals surface area contributed by atoms with Gasteiger partial charge in [-0.25, -0.2) is 4.98 Å².